The fraction of sp³-hybridized carbons (Fsp3) is 0.615. The molecule has 2 fully saturated rings. The van der Waals surface area contributed by atoms with Crippen LogP contribution in [0.5, 0.6) is 0 Å². The summed E-state index contributed by atoms with van der Waals surface area (Å²) in [7, 11) is 0. The van der Waals surface area contributed by atoms with Gasteiger partial charge in [-0.3, -0.25) is 0 Å². The van der Waals surface area contributed by atoms with Crippen molar-refractivity contribution < 1.29 is 4.74 Å². The minimum Gasteiger partial charge on any atom is -0.373 e. The van der Waals surface area contributed by atoms with E-state index in [1.54, 1.807) is 0 Å². The Morgan fingerprint density at radius 1 is 1.47 bits per heavy atom. The molecule has 2 atom stereocenters. The highest BCUT2D eigenvalue weighted by Gasteiger charge is 2.39. The molecule has 4 nitrogen and oxygen atoms in total. The van der Waals surface area contributed by atoms with Crippen molar-refractivity contribution >= 4 is 5.82 Å². The van der Waals surface area contributed by atoms with Gasteiger partial charge in [0.25, 0.3) is 0 Å². The van der Waals surface area contributed by atoms with Gasteiger partial charge >= 0.3 is 0 Å². The van der Waals surface area contributed by atoms with Crippen LogP contribution in [0.25, 0.3) is 0 Å². The predicted molar refractivity (Wildman–Crippen MR) is 67.1 cm³/mol. The Bertz CT molecular complexity index is 362. The van der Waals surface area contributed by atoms with E-state index in [2.05, 4.69) is 15.6 Å². The van der Waals surface area contributed by atoms with Crippen LogP contribution in [-0.4, -0.2) is 36.3 Å². The van der Waals surface area contributed by atoms with Crippen molar-refractivity contribution in [2.24, 2.45) is 0 Å². The van der Waals surface area contributed by atoms with Gasteiger partial charge < -0.3 is 15.4 Å². The molecule has 0 bridgehead atoms. The zero-order chi connectivity index (χ0) is 11.6. The third-order valence-corrected chi connectivity index (χ3v) is 3.71. The SMILES string of the molecule is c1ccc(N[C@@H]2CCO[C@]3(CCNC3)C2)nc1. The summed E-state index contributed by atoms with van der Waals surface area (Å²) in [6.45, 7) is 2.93. The van der Waals surface area contributed by atoms with E-state index in [1.165, 1.54) is 0 Å². The van der Waals surface area contributed by atoms with Crippen LogP contribution in [-0.2, 0) is 4.74 Å². The van der Waals surface area contributed by atoms with Crippen LogP contribution in [0.3, 0.4) is 0 Å². The molecule has 0 aromatic carbocycles. The average Bonchev–Trinajstić information content (AvgIpc) is 2.79. The highest BCUT2D eigenvalue weighted by Crippen LogP contribution is 2.31. The van der Waals surface area contributed by atoms with Gasteiger partial charge in [0.05, 0.1) is 5.60 Å². The van der Waals surface area contributed by atoms with Crippen molar-refractivity contribution in [2.45, 2.75) is 30.9 Å². The van der Waals surface area contributed by atoms with Crippen molar-refractivity contribution in [1.29, 1.82) is 0 Å². The molecular weight excluding hydrogens is 214 g/mol. The summed E-state index contributed by atoms with van der Waals surface area (Å²) in [5, 5.41) is 6.91. The predicted octanol–water partition coefficient (Wildman–Crippen LogP) is 1.40. The second-order valence-electron chi connectivity index (χ2n) is 5.01. The van der Waals surface area contributed by atoms with Crippen molar-refractivity contribution in [1.82, 2.24) is 10.3 Å². The molecule has 0 unspecified atom stereocenters. The summed E-state index contributed by atoms with van der Waals surface area (Å²) in [6.07, 6.45) is 5.11. The molecule has 17 heavy (non-hydrogen) atoms. The number of hydrogen-bond donors (Lipinski definition) is 2. The second-order valence-corrected chi connectivity index (χ2v) is 5.01. The zero-order valence-electron chi connectivity index (χ0n) is 9.98. The lowest BCUT2D eigenvalue weighted by Crippen LogP contribution is -2.45. The fourth-order valence-corrected chi connectivity index (χ4v) is 2.83. The number of rotatable bonds is 2. The number of hydrogen-bond acceptors (Lipinski definition) is 4. The van der Waals surface area contributed by atoms with E-state index in [0.717, 1.165) is 44.8 Å². The lowest BCUT2D eigenvalue weighted by molar-refractivity contribution is -0.0673. The zero-order valence-corrected chi connectivity index (χ0v) is 9.98. The molecule has 3 heterocycles. The lowest BCUT2D eigenvalue weighted by atomic mass is 9.89. The van der Waals surface area contributed by atoms with Gasteiger partial charge in [-0.1, -0.05) is 6.07 Å². The van der Waals surface area contributed by atoms with Gasteiger partial charge in [0.15, 0.2) is 0 Å². The van der Waals surface area contributed by atoms with Gasteiger partial charge in [-0.2, -0.15) is 0 Å². The first-order valence-corrected chi connectivity index (χ1v) is 6.39. The Morgan fingerprint density at radius 2 is 2.47 bits per heavy atom. The van der Waals surface area contributed by atoms with Crippen LogP contribution >= 0.6 is 0 Å². The van der Waals surface area contributed by atoms with Gasteiger partial charge in [-0.15, -0.1) is 0 Å². The van der Waals surface area contributed by atoms with E-state index in [4.69, 9.17) is 4.74 Å². The van der Waals surface area contributed by atoms with Gasteiger partial charge in [0.2, 0.25) is 0 Å². The molecule has 4 heteroatoms. The highest BCUT2D eigenvalue weighted by atomic mass is 16.5. The maximum Gasteiger partial charge on any atom is 0.126 e. The van der Waals surface area contributed by atoms with Crippen LogP contribution in [0.1, 0.15) is 19.3 Å². The van der Waals surface area contributed by atoms with E-state index in [-0.39, 0.29) is 5.60 Å². The molecule has 0 aliphatic carbocycles. The quantitative estimate of drug-likeness (QED) is 0.810. The molecule has 1 spiro atoms. The molecule has 3 rings (SSSR count). The maximum atomic E-state index is 5.97. The first-order valence-electron chi connectivity index (χ1n) is 6.39. The molecule has 1 aromatic rings. The van der Waals surface area contributed by atoms with Crippen LogP contribution in [0.15, 0.2) is 24.4 Å². The summed E-state index contributed by atoms with van der Waals surface area (Å²) in [4.78, 5) is 4.32. The van der Waals surface area contributed by atoms with Crippen LogP contribution < -0.4 is 10.6 Å². The number of anilines is 1. The van der Waals surface area contributed by atoms with Gasteiger partial charge in [0.1, 0.15) is 5.82 Å². The standard InChI is InChI=1S/C13H19N3O/c1-2-6-15-12(3-1)16-11-4-8-17-13(9-11)5-7-14-10-13/h1-3,6,11,14H,4-5,7-10H2,(H,15,16)/t11-,13-/m1/s1. The summed E-state index contributed by atoms with van der Waals surface area (Å²) in [5.41, 5.74) is 0.0741. The normalized spacial score (nSPS) is 32.8. The van der Waals surface area contributed by atoms with Crippen LogP contribution in [0.2, 0.25) is 0 Å². The Kier molecular flexibility index (Phi) is 2.99. The lowest BCUT2D eigenvalue weighted by Gasteiger charge is -2.38. The Morgan fingerprint density at radius 3 is 3.24 bits per heavy atom. The van der Waals surface area contributed by atoms with E-state index in [9.17, 15) is 0 Å². The monoisotopic (exact) mass is 233 g/mol. The molecule has 92 valence electrons. The molecule has 0 amide bonds. The second kappa shape index (κ2) is 4.63. The smallest absolute Gasteiger partial charge is 0.126 e. The molecule has 0 radical (unpaired) electrons. The van der Waals surface area contributed by atoms with Crippen molar-refractivity contribution in [3.63, 3.8) is 0 Å². The molecule has 2 aliphatic heterocycles. The summed E-state index contributed by atoms with van der Waals surface area (Å²) in [5.74, 6) is 0.973. The Balaban J connectivity index is 1.64. The summed E-state index contributed by atoms with van der Waals surface area (Å²) >= 11 is 0. The number of nitrogens with one attached hydrogen (secondary N) is 2. The molecule has 2 saturated heterocycles. The highest BCUT2D eigenvalue weighted by molar-refractivity contribution is 5.34. The van der Waals surface area contributed by atoms with Crippen molar-refractivity contribution in [3.8, 4) is 0 Å². The van der Waals surface area contributed by atoms with Crippen molar-refractivity contribution in [3.05, 3.63) is 24.4 Å². The van der Waals surface area contributed by atoms with E-state index >= 15 is 0 Å². The third-order valence-electron chi connectivity index (χ3n) is 3.71. The first kappa shape index (κ1) is 11.0. The first-order chi connectivity index (χ1) is 8.36. The van der Waals surface area contributed by atoms with Gasteiger partial charge in [0, 0.05) is 25.4 Å². The molecule has 0 saturated carbocycles. The number of nitrogens with zero attached hydrogens (tertiary/aromatic N) is 1. The van der Waals surface area contributed by atoms with E-state index in [1.807, 2.05) is 24.4 Å². The van der Waals surface area contributed by atoms with Crippen molar-refractivity contribution in [2.75, 3.05) is 25.0 Å². The van der Waals surface area contributed by atoms with Crippen LogP contribution in [0, 0.1) is 0 Å². The number of aromatic nitrogens is 1. The molecule has 1 aromatic heterocycles. The van der Waals surface area contributed by atoms with Gasteiger partial charge in [-0.05, 0) is 37.9 Å². The van der Waals surface area contributed by atoms with E-state index < -0.39 is 0 Å². The van der Waals surface area contributed by atoms with Gasteiger partial charge in [-0.25, -0.2) is 4.98 Å². The minimum absolute atomic E-state index is 0.0741. The number of ether oxygens (including phenoxy) is 1. The Labute approximate surface area is 102 Å². The molecule has 2 N–H and O–H groups in total. The summed E-state index contributed by atoms with van der Waals surface area (Å²) < 4.78 is 5.97. The number of pyridine rings is 1. The topological polar surface area (TPSA) is 46.2 Å². The minimum atomic E-state index is 0.0741. The summed E-state index contributed by atoms with van der Waals surface area (Å²) in [6, 6.07) is 6.47. The maximum absolute atomic E-state index is 5.97. The largest absolute Gasteiger partial charge is 0.373 e. The van der Waals surface area contributed by atoms with E-state index in [0.29, 0.717) is 6.04 Å². The third kappa shape index (κ3) is 2.42. The van der Waals surface area contributed by atoms with Crippen LogP contribution in [0.4, 0.5) is 5.82 Å². The molecular formula is C13H19N3O. The fourth-order valence-electron chi connectivity index (χ4n) is 2.83. The molecule has 2 aliphatic rings. The Hall–Kier alpha value is -1.13. The average molecular weight is 233 g/mol.